The number of halogens is 3. The molecular formula is C23H21F3N6OS. The van der Waals surface area contributed by atoms with Crippen LogP contribution < -0.4 is 15.8 Å². The molecule has 2 aromatic heterocycles. The van der Waals surface area contributed by atoms with E-state index in [-0.39, 0.29) is 29.6 Å². The van der Waals surface area contributed by atoms with E-state index in [4.69, 9.17) is 16.9 Å². The number of nitrogens with two attached hydrogens (primary N) is 1. The Morgan fingerprint density at radius 1 is 1.29 bits per heavy atom. The minimum absolute atomic E-state index is 0.0110. The molecule has 1 aromatic carbocycles. The Balaban J connectivity index is 1.69. The third-order valence-electron chi connectivity index (χ3n) is 5.40. The molecule has 2 atom stereocenters. The second-order valence-corrected chi connectivity index (χ2v) is 9.72. The number of hydrogen-bond donors (Lipinski definition) is 2. The number of amidine groups is 1. The van der Waals surface area contributed by atoms with Crippen molar-refractivity contribution in [2.75, 3.05) is 11.9 Å². The zero-order chi connectivity index (χ0) is 24.5. The third-order valence-corrected chi connectivity index (χ3v) is 6.49. The predicted octanol–water partition coefficient (Wildman–Crippen LogP) is 4.61. The average Bonchev–Trinajstić information content (AvgIpc) is 2.78. The highest BCUT2D eigenvalue weighted by Crippen LogP contribution is 2.48. The Kier molecular flexibility index (Phi) is 6.27. The van der Waals surface area contributed by atoms with Gasteiger partial charge in [0.15, 0.2) is 17.6 Å². The number of anilines is 2. The van der Waals surface area contributed by atoms with Gasteiger partial charge in [-0.15, -0.1) is 6.42 Å². The topological polar surface area (TPSA) is 98.3 Å². The molecule has 0 spiro atoms. The Bertz CT molecular complexity index is 1310. The lowest BCUT2D eigenvalue weighted by molar-refractivity contribution is 0.0893. The van der Waals surface area contributed by atoms with Crippen LogP contribution in [0.2, 0.25) is 0 Å². The number of thioether (sulfide) groups is 1. The molecule has 0 saturated heterocycles. The summed E-state index contributed by atoms with van der Waals surface area (Å²) in [5, 5.41) is 3.09. The largest absolute Gasteiger partial charge is 0.463 e. The molecule has 4 rings (SSSR count). The zero-order valence-corrected chi connectivity index (χ0v) is 19.2. The highest BCUT2D eigenvalue weighted by molar-refractivity contribution is 8.15. The van der Waals surface area contributed by atoms with Gasteiger partial charge in [-0.3, -0.25) is 4.99 Å². The summed E-state index contributed by atoms with van der Waals surface area (Å²) in [7, 11) is 0. The number of fused-ring (bicyclic) bond motifs is 1. The third kappa shape index (κ3) is 4.59. The normalized spacial score (nSPS) is 22.3. The van der Waals surface area contributed by atoms with Crippen LogP contribution in [0, 0.1) is 18.2 Å². The van der Waals surface area contributed by atoms with Crippen LogP contribution in [0.4, 0.5) is 24.7 Å². The van der Waals surface area contributed by atoms with E-state index in [1.54, 1.807) is 13.0 Å². The molecule has 11 heteroatoms. The first-order valence-corrected chi connectivity index (χ1v) is 11.0. The van der Waals surface area contributed by atoms with E-state index in [2.05, 4.69) is 31.2 Å². The lowest BCUT2D eigenvalue weighted by Gasteiger charge is -2.40. The number of ether oxygens (including phenoxy) is 1. The fraction of sp³-hybridized carbons (Fsp3) is 0.304. The SMILES string of the molecule is C#CCOc1cnc2c(Nc3ccc(F)c([C@]4(C)C[C@](C)(C(F)F)SC(N)=N4)c3)nccc2n1. The van der Waals surface area contributed by atoms with Crippen molar-refractivity contribution in [3.05, 3.63) is 48.0 Å². The minimum atomic E-state index is -2.66. The van der Waals surface area contributed by atoms with Gasteiger partial charge in [0, 0.05) is 17.4 Å². The van der Waals surface area contributed by atoms with E-state index in [1.807, 2.05) is 0 Å². The lowest BCUT2D eigenvalue weighted by Crippen LogP contribution is -2.44. The number of benzene rings is 1. The van der Waals surface area contributed by atoms with Crippen molar-refractivity contribution < 1.29 is 17.9 Å². The van der Waals surface area contributed by atoms with Gasteiger partial charge in [0.05, 0.1) is 22.0 Å². The number of hydrogen-bond acceptors (Lipinski definition) is 8. The van der Waals surface area contributed by atoms with Crippen LogP contribution in [0.1, 0.15) is 25.8 Å². The highest BCUT2D eigenvalue weighted by Gasteiger charge is 2.48. The van der Waals surface area contributed by atoms with Crippen LogP contribution in [-0.4, -0.2) is 37.9 Å². The molecule has 1 aliphatic rings. The molecule has 0 aliphatic carbocycles. The van der Waals surface area contributed by atoms with Crippen molar-refractivity contribution in [2.45, 2.75) is 37.0 Å². The fourth-order valence-electron chi connectivity index (χ4n) is 3.90. The second kappa shape index (κ2) is 9.02. The summed E-state index contributed by atoms with van der Waals surface area (Å²) in [6, 6.07) is 5.94. The molecule has 1 aliphatic heterocycles. The first-order valence-electron chi connectivity index (χ1n) is 10.2. The molecule has 0 fully saturated rings. The summed E-state index contributed by atoms with van der Waals surface area (Å²) < 4.78 is 46.3. The van der Waals surface area contributed by atoms with Crippen molar-refractivity contribution in [2.24, 2.45) is 10.7 Å². The number of alkyl halides is 2. The van der Waals surface area contributed by atoms with E-state index < -0.39 is 22.5 Å². The predicted molar refractivity (Wildman–Crippen MR) is 127 cm³/mol. The number of aliphatic imine (C=N–C) groups is 1. The van der Waals surface area contributed by atoms with Gasteiger partial charge in [0.1, 0.15) is 11.3 Å². The zero-order valence-electron chi connectivity index (χ0n) is 18.3. The lowest BCUT2D eigenvalue weighted by atomic mass is 9.83. The van der Waals surface area contributed by atoms with E-state index in [1.165, 1.54) is 37.5 Å². The maximum atomic E-state index is 14.9. The smallest absolute Gasteiger partial charge is 0.253 e. The van der Waals surface area contributed by atoms with Gasteiger partial charge in [-0.2, -0.15) is 0 Å². The molecule has 3 aromatic rings. The van der Waals surface area contributed by atoms with Crippen molar-refractivity contribution in [1.82, 2.24) is 15.0 Å². The summed E-state index contributed by atoms with van der Waals surface area (Å²) in [6.07, 6.45) is 5.40. The van der Waals surface area contributed by atoms with Gasteiger partial charge in [0.25, 0.3) is 6.43 Å². The molecule has 34 heavy (non-hydrogen) atoms. The van der Waals surface area contributed by atoms with Gasteiger partial charge in [-0.1, -0.05) is 17.7 Å². The second-order valence-electron chi connectivity index (χ2n) is 8.16. The van der Waals surface area contributed by atoms with Crippen LogP contribution in [-0.2, 0) is 5.54 Å². The van der Waals surface area contributed by atoms with E-state index in [0.29, 0.717) is 22.5 Å². The van der Waals surface area contributed by atoms with Crippen LogP contribution in [0.3, 0.4) is 0 Å². The Hall–Kier alpha value is -3.52. The molecule has 3 N–H and O–H groups in total. The van der Waals surface area contributed by atoms with Gasteiger partial charge in [-0.25, -0.2) is 28.1 Å². The number of pyridine rings is 1. The molecule has 0 radical (unpaired) electrons. The maximum Gasteiger partial charge on any atom is 0.253 e. The van der Waals surface area contributed by atoms with Crippen LogP contribution in [0.25, 0.3) is 11.0 Å². The summed E-state index contributed by atoms with van der Waals surface area (Å²) in [4.78, 5) is 17.3. The number of rotatable bonds is 6. The minimum Gasteiger partial charge on any atom is -0.463 e. The van der Waals surface area contributed by atoms with Gasteiger partial charge in [-0.05, 0) is 44.5 Å². The Morgan fingerprint density at radius 3 is 2.82 bits per heavy atom. The average molecular weight is 487 g/mol. The molecule has 0 saturated carbocycles. The highest BCUT2D eigenvalue weighted by atomic mass is 32.2. The standard InChI is InChI=1S/C23H21F3N6OS/c1-4-9-33-17-11-29-18-16(31-17)7-8-28-19(18)30-13-5-6-15(24)14(10-13)22(2)12-23(3,20(25)26)34-21(27)32-22/h1,5-8,10-11,20H,9,12H2,2-3H3,(H2,27,32)(H,28,30)/t22-,23+/m0/s1. The van der Waals surface area contributed by atoms with Crippen molar-refractivity contribution in [1.29, 1.82) is 0 Å². The molecule has 176 valence electrons. The molecule has 0 bridgehead atoms. The molecule has 7 nitrogen and oxygen atoms in total. The number of nitrogens with zero attached hydrogens (tertiary/aromatic N) is 4. The summed E-state index contributed by atoms with van der Waals surface area (Å²) >= 11 is 0.807. The van der Waals surface area contributed by atoms with Crippen LogP contribution >= 0.6 is 11.8 Å². The van der Waals surface area contributed by atoms with Crippen molar-refractivity contribution >= 4 is 39.5 Å². The first-order chi connectivity index (χ1) is 16.1. The maximum absolute atomic E-state index is 14.9. The summed E-state index contributed by atoms with van der Waals surface area (Å²) in [5.74, 6) is 2.42. The Labute approximate surface area is 198 Å². The summed E-state index contributed by atoms with van der Waals surface area (Å²) in [6.45, 7) is 3.06. The number of terminal acetylenes is 1. The van der Waals surface area contributed by atoms with Crippen molar-refractivity contribution in [3.8, 4) is 18.2 Å². The quantitative estimate of drug-likeness (QED) is 0.491. The van der Waals surface area contributed by atoms with E-state index in [0.717, 1.165) is 11.8 Å². The Morgan fingerprint density at radius 2 is 2.09 bits per heavy atom. The van der Waals surface area contributed by atoms with Crippen LogP contribution in [0.15, 0.2) is 41.7 Å². The first kappa shape index (κ1) is 23.6. The van der Waals surface area contributed by atoms with Gasteiger partial charge >= 0.3 is 0 Å². The van der Waals surface area contributed by atoms with E-state index >= 15 is 0 Å². The van der Waals surface area contributed by atoms with E-state index in [9.17, 15) is 13.2 Å². The molecule has 0 amide bonds. The number of nitrogens with one attached hydrogen (secondary N) is 1. The molecule has 3 heterocycles. The fourth-order valence-corrected chi connectivity index (χ4v) is 5.07. The van der Waals surface area contributed by atoms with Gasteiger partial charge < -0.3 is 15.8 Å². The monoisotopic (exact) mass is 486 g/mol. The molecule has 0 unspecified atom stereocenters. The van der Waals surface area contributed by atoms with Gasteiger partial charge in [0.2, 0.25) is 5.88 Å². The van der Waals surface area contributed by atoms with Crippen molar-refractivity contribution in [3.63, 3.8) is 0 Å². The molecular weight excluding hydrogens is 465 g/mol. The summed E-state index contributed by atoms with van der Waals surface area (Å²) in [5.41, 5.74) is 6.17. The van der Waals surface area contributed by atoms with Crippen LogP contribution in [0.5, 0.6) is 5.88 Å². The number of aromatic nitrogens is 3.